The van der Waals surface area contributed by atoms with Crippen molar-refractivity contribution < 1.29 is 22.7 Å². The molecular formula is C31H34N4O5S. The summed E-state index contributed by atoms with van der Waals surface area (Å²) in [5, 5.41) is 4.14. The number of nitrogens with zero attached hydrogens (tertiary/aromatic N) is 3. The van der Waals surface area contributed by atoms with Crippen LogP contribution < -0.4 is 19.2 Å². The number of nitrogens with one attached hydrogen (secondary N) is 1. The summed E-state index contributed by atoms with van der Waals surface area (Å²) in [4.78, 5) is 13.1. The largest absolute Gasteiger partial charge is 0.497 e. The van der Waals surface area contributed by atoms with Gasteiger partial charge in [0.15, 0.2) is 0 Å². The maximum Gasteiger partial charge on any atom is 0.264 e. The molecule has 1 amide bonds. The zero-order valence-corrected chi connectivity index (χ0v) is 24.8. The van der Waals surface area contributed by atoms with Crippen LogP contribution in [0.2, 0.25) is 0 Å². The van der Waals surface area contributed by atoms with Crippen LogP contribution in [0.15, 0.2) is 82.8 Å². The van der Waals surface area contributed by atoms with Crippen LogP contribution in [-0.4, -0.2) is 45.9 Å². The van der Waals surface area contributed by atoms with Gasteiger partial charge in [-0.1, -0.05) is 24.3 Å². The zero-order chi connectivity index (χ0) is 29.7. The molecule has 0 aliphatic heterocycles. The van der Waals surface area contributed by atoms with E-state index in [4.69, 9.17) is 9.47 Å². The van der Waals surface area contributed by atoms with Crippen LogP contribution >= 0.6 is 0 Å². The van der Waals surface area contributed by atoms with Gasteiger partial charge in [0.1, 0.15) is 18.0 Å². The van der Waals surface area contributed by atoms with Crippen LogP contribution in [0.1, 0.15) is 28.1 Å². The van der Waals surface area contributed by atoms with Crippen molar-refractivity contribution in [2.24, 2.45) is 5.10 Å². The Balaban J connectivity index is 1.61. The fourth-order valence-corrected chi connectivity index (χ4v) is 5.98. The number of benzene rings is 3. The van der Waals surface area contributed by atoms with E-state index in [1.54, 1.807) is 36.5 Å². The highest BCUT2D eigenvalue weighted by atomic mass is 32.2. The Labute approximate surface area is 241 Å². The van der Waals surface area contributed by atoms with Gasteiger partial charge in [0.25, 0.3) is 15.9 Å². The maximum absolute atomic E-state index is 13.7. The number of carbonyl (C=O) groups is 1. The summed E-state index contributed by atoms with van der Waals surface area (Å²) in [7, 11) is -1.25. The summed E-state index contributed by atoms with van der Waals surface area (Å²) in [6.07, 6.45) is 1.56. The van der Waals surface area contributed by atoms with Crippen LogP contribution in [0, 0.1) is 27.7 Å². The lowest BCUT2D eigenvalue weighted by atomic mass is 10.1. The van der Waals surface area contributed by atoms with Gasteiger partial charge in [-0.2, -0.15) is 5.10 Å². The number of rotatable bonds is 10. The van der Waals surface area contributed by atoms with Crippen LogP contribution in [0.3, 0.4) is 0 Å². The van der Waals surface area contributed by atoms with Crippen molar-refractivity contribution in [1.82, 2.24) is 9.99 Å². The van der Waals surface area contributed by atoms with Crippen molar-refractivity contribution in [3.63, 3.8) is 0 Å². The Hall–Kier alpha value is -4.57. The first-order valence-corrected chi connectivity index (χ1v) is 14.4. The molecule has 0 bridgehead atoms. The standard InChI is InChI=1S/C31H34N4O5S/c1-21-12-13-26(16-22(21)2)35-23(3)17-25(24(35)4)19-32-33-31(36)20-34(41(37,38)28-10-8-7-9-11-28)29-18-27(39-5)14-15-30(29)40-6/h7-19H,20H2,1-6H3,(H,33,36)/b32-19-. The molecule has 214 valence electrons. The number of ether oxygens (including phenoxy) is 2. The molecule has 0 aliphatic rings. The highest BCUT2D eigenvalue weighted by molar-refractivity contribution is 7.92. The van der Waals surface area contributed by atoms with Gasteiger partial charge in [0, 0.05) is 28.7 Å². The second-order valence-electron chi connectivity index (χ2n) is 9.59. The molecule has 10 heteroatoms. The number of sulfonamides is 1. The second-order valence-corrected chi connectivity index (χ2v) is 11.4. The second kappa shape index (κ2) is 12.3. The first-order chi connectivity index (χ1) is 19.6. The Morgan fingerprint density at radius 1 is 0.927 bits per heavy atom. The van der Waals surface area contributed by atoms with E-state index in [2.05, 4.69) is 47.1 Å². The van der Waals surface area contributed by atoms with Crippen molar-refractivity contribution in [1.29, 1.82) is 0 Å². The lowest BCUT2D eigenvalue weighted by molar-refractivity contribution is -0.119. The number of aryl methyl sites for hydroxylation is 3. The number of hydrogen-bond donors (Lipinski definition) is 1. The van der Waals surface area contributed by atoms with Crippen LogP contribution in [-0.2, 0) is 14.8 Å². The van der Waals surface area contributed by atoms with E-state index in [0.29, 0.717) is 5.75 Å². The Morgan fingerprint density at radius 3 is 2.32 bits per heavy atom. The van der Waals surface area contributed by atoms with Crippen LogP contribution in [0.4, 0.5) is 5.69 Å². The number of hydrazone groups is 1. The number of anilines is 1. The van der Waals surface area contributed by atoms with Gasteiger partial charge < -0.3 is 14.0 Å². The quantitative estimate of drug-likeness (QED) is 0.210. The number of aromatic nitrogens is 1. The fraction of sp³-hybridized carbons (Fsp3) is 0.226. The van der Waals surface area contributed by atoms with Crippen LogP contribution in [0.5, 0.6) is 11.5 Å². The average Bonchev–Trinajstić information content (AvgIpc) is 3.25. The van der Waals surface area contributed by atoms with E-state index < -0.39 is 22.5 Å². The topological polar surface area (TPSA) is 102 Å². The molecule has 1 aromatic heterocycles. The monoisotopic (exact) mass is 574 g/mol. The molecule has 4 aromatic rings. The van der Waals surface area contributed by atoms with Gasteiger partial charge in [-0.3, -0.25) is 9.10 Å². The Morgan fingerprint density at radius 2 is 1.66 bits per heavy atom. The molecule has 0 atom stereocenters. The smallest absolute Gasteiger partial charge is 0.264 e. The lowest BCUT2D eigenvalue weighted by Gasteiger charge is -2.25. The Bertz CT molecular complexity index is 1700. The van der Waals surface area contributed by atoms with Gasteiger partial charge in [-0.25, -0.2) is 13.8 Å². The molecule has 4 rings (SSSR count). The first kappa shape index (κ1) is 29.4. The third-order valence-corrected chi connectivity index (χ3v) is 8.66. The van der Waals surface area contributed by atoms with E-state index in [1.165, 1.54) is 43.5 Å². The first-order valence-electron chi connectivity index (χ1n) is 12.9. The van der Waals surface area contributed by atoms with Crippen molar-refractivity contribution in [2.45, 2.75) is 32.6 Å². The summed E-state index contributed by atoms with van der Waals surface area (Å²) in [5.41, 5.74) is 8.89. The fourth-order valence-electron chi connectivity index (χ4n) is 4.53. The van der Waals surface area contributed by atoms with Crippen molar-refractivity contribution in [3.8, 4) is 17.2 Å². The molecule has 1 N–H and O–H groups in total. The summed E-state index contributed by atoms with van der Waals surface area (Å²) in [6, 6.07) is 20.9. The van der Waals surface area contributed by atoms with Crippen LogP contribution in [0.25, 0.3) is 5.69 Å². The van der Waals surface area contributed by atoms with Gasteiger partial charge in [-0.05, 0) is 81.3 Å². The minimum absolute atomic E-state index is 0.0277. The number of methoxy groups -OCH3 is 2. The molecule has 0 unspecified atom stereocenters. The van der Waals surface area contributed by atoms with Crippen molar-refractivity contribution in [3.05, 3.63) is 101 Å². The minimum atomic E-state index is -4.15. The van der Waals surface area contributed by atoms with E-state index in [1.807, 2.05) is 19.9 Å². The summed E-state index contributed by atoms with van der Waals surface area (Å²) >= 11 is 0. The molecule has 0 aliphatic carbocycles. The predicted molar refractivity (Wildman–Crippen MR) is 161 cm³/mol. The van der Waals surface area contributed by atoms with Crippen molar-refractivity contribution in [2.75, 3.05) is 25.1 Å². The maximum atomic E-state index is 13.7. The van der Waals surface area contributed by atoms with Crippen molar-refractivity contribution >= 4 is 27.8 Å². The SMILES string of the molecule is COc1ccc(OC)c(N(CC(=O)N/N=C\c2cc(C)n(-c3ccc(C)c(C)c3)c2C)S(=O)(=O)c2ccccc2)c1. The molecule has 41 heavy (non-hydrogen) atoms. The molecule has 0 saturated carbocycles. The molecule has 0 saturated heterocycles. The molecule has 9 nitrogen and oxygen atoms in total. The number of carbonyl (C=O) groups excluding carboxylic acids is 1. The minimum Gasteiger partial charge on any atom is -0.497 e. The molecular weight excluding hydrogens is 540 g/mol. The average molecular weight is 575 g/mol. The highest BCUT2D eigenvalue weighted by Gasteiger charge is 2.30. The number of amides is 1. The third kappa shape index (κ3) is 6.28. The van der Waals surface area contributed by atoms with Gasteiger partial charge in [0.05, 0.1) is 31.0 Å². The lowest BCUT2D eigenvalue weighted by Crippen LogP contribution is -2.39. The van der Waals surface area contributed by atoms with E-state index in [0.717, 1.165) is 26.9 Å². The van der Waals surface area contributed by atoms with Gasteiger partial charge in [0.2, 0.25) is 0 Å². The summed E-state index contributed by atoms with van der Waals surface area (Å²) in [6.45, 7) is 7.60. The summed E-state index contributed by atoms with van der Waals surface area (Å²) in [5.74, 6) is 0.0422. The molecule has 0 radical (unpaired) electrons. The number of hydrogen-bond acceptors (Lipinski definition) is 6. The molecule has 3 aromatic carbocycles. The molecule has 0 spiro atoms. The predicted octanol–water partition coefficient (Wildman–Crippen LogP) is 5.07. The summed E-state index contributed by atoms with van der Waals surface area (Å²) < 4.78 is 41.3. The van der Waals surface area contributed by atoms with E-state index in [9.17, 15) is 13.2 Å². The van der Waals surface area contributed by atoms with Gasteiger partial charge >= 0.3 is 0 Å². The molecule has 1 heterocycles. The molecule has 0 fully saturated rings. The highest BCUT2D eigenvalue weighted by Crippen LogP contribution is 2.35. The third-order valence-electron chi connectivity index (χ3n) is 6.88. The normalized spacial score (nSPS) is 11.5. The van der Waals surface area contributed by atoms with E-state index >= 15 is 0 Å². The van der Waals surface area contributed by atoms with E-state index in [-0.39, 0.29) is 16.3 Å². The zero-order valence-electron chi connectivity index (χ0n) is 24.0. The van der Waals surface area contributed by atoms with Gasteiger partial charge in [-0.15, -0.1) is 0 Å². The Kier molecular flexibility index (Phi) is 8.83.